The number of nitrogen functional groups attached to an aromatic ring is 1. The lowest BCUT2D eigenvalue weighted by Crippen LogP contribution is -2.13. The zero-order valence-corrected chi connectivity index (χ0v) is 20.3. The van der Waals surface area contributed by atoms with E-state index in [2.05, 4.69) is 5.32 Å². The maximum Gasteiger partial charge on any atom is 0.416 e. The smallest absolute Gasteiger partial charge is 0.416 e. The highest BCUT2D eigenvalue weighted by atomic mass is 19.4. The third-order valence-corrected chi connectivity index (χ3v) is 6.13. The van der Waals surface area contributed by atoms with E-state index in [1.165, 1.54) is 13.2 Å². The van der Waals surface area contributed by atoms with Crippen molar-refractivity contribution in [3.8, 4) is 22.8 Å². The van der Waals surface area contributed by atoms with Crippen molar-refractivity contribution in [1.29, 1.82) is 0 Å². The fourth-order valence-corrected chi connectivity index (χ4v) is 4.27. The number of alkyl halides is 3. The maximum atomic E-state index is 13.4. The van der Waals surface area contributed by atoms with Crippen LogP contribution < -0.4 is 20.5 Å². The highest BCUT2D eigenvalue weighted by molar-refractivity contribution is 5.94. The molecule has 1 unspecified atom stereocenters. The Labute approximate surface area is 210 Å². The van der Waals surface area contributed by atoms with Gasteiger partial charge in [0.05, 0.1) is 37.0 Å². The van der Waals surface area contributed by atoms with Gasteiger partial charge in [-0.25, -0.2) is 9.50 Å². The minimum absolute atomic E-state index is 0.0291. The molecule has 1 atom stereocenters. The molecule has 2 aromatic heterocycles. The van der Waals surface area contributed by atoms with Crippen LogP contribution in [0.25, 0.3) is 27.8 Å². The van der Waals surface area contributed by atoms with E-state index in [0.717, 1.165) is 23.4 Å². The van der Waals surface area contributed by atoms with Crippen LogP contribution in [0, 0.1) is 0 Å². The van der Waals surface area contributed by atoms with Gasteiger partial charge in [-0.1, -0.05) is 30.3 Å². The van der Waals surface area contributed by atoms with Crippen LogP contribution in [0.5, 0.6) is 11.5 Å². The van der Waals surface area contributed by atoms with Gasteiger partial charge in [0.2, 0.25) is 0 Å². The molecule has 0 aliphatic rings. The molecule has 0 bridgehead atoms. The number of fused-ring (bicyclic) bond motifs is 3. The topological polar surface area (TPSA) is 86.7 Å². The molecule has 0 aliphatic heterocycles. The van der Waals surface area contributed by atoms with Gasteiger partial charge in [-0.3, -0.25) is 0 Å². The summed E-state index contributed by atoms with van der Waals surface area (Å²) in [6.45, 7) is 1.75. The van der Waals surface area contributed by atoms with Gasteiger partial charge < -0.3 is 20.5 Å². The quantitative estimate of drug-likeness (QED) is 0.261. The van der Waals surface area contributed by atoms with Crippen molar-refractivity contribution in [1.82, 2.24) is 14.6 Å². The van der Waals surface area contributed by atoms with Crippen molar-refractivity contribution in [3.63, 3.8) is 0 Å². The molecule has 0 spiro atoms. The molecule has 5 aromatic rings. The van der Waals surface area contributed by atoms with Crippen LogP contribution in [0.1, 0.15) is 24.1 Å². The van der Waals surface area contributed by atoms with Gasteiger partial charge in [-0.05, 0) is 36.8 Å². The molecular formula is C27H24F3N5O2. The maximum absolute atomic E-state index is 13.4. The number of ether oxygens (including phenoxy) is 2. The van der Waals surface area contributed by atoms with Crippen LogP contribution in [0.4, 0.5) is 24.7 Å². The lowest BCUT2D eigenvalue weighted by molar-refractivity contribution is -0.137. The summed E-state index contributed by atoms with van der Waals surface area (Å²) in [4.78, 5) is 4.78. The number of aromatic nitrogens is 3. The number of hydrogen-bond acceptors (Lipinski definition) is 6. The first kappa shape index (κ1) is 24.2. The Morgan fingerprint density at radius 1 is 0.946 bits per heavy atom. The van der Waals surface area contributed by atoms with E-state index in [9.17, 15) is 13.2 Å². The first-order valence-corrected chi connectivity index (χ1v) is 11.4. The fourth-order valence-electron chi connectivity index (χ4n) is 4.27. The van der Waals surface area contributed by atoms with Gasteiger partial charge in [-0.15, -0.1) is 0 Å². The molecular weight excluding hydrogens is 483 g/mol. The summed E-state index contributed by atoms with van der Waals surface area (Å²) in [7, 11) is 3.07. The monoisotopic (exact) mass is 507 g/mol. The van der Waals surface area contributed by atoms with Crippen LogP contribution in [-0.4, -0.2) is 28.8 Å². The lowest BCUT2D eigenvalue weighted by Gasteiger charge is -2.19. The molecule has 10 heteroatoms. The number of halogens is 3. The van der Waals surface area contributed by atoms with Crippen molar-refractivity contribution in [3.05, 3.63) is 77.9 Å². The normalized spacial score (nSPS) is 12.6. The Balaban J connectivity index is 1.67. The second-order valence-electron chi connectivity index (χ2n) is 8.60. The Morgan fingerprint density at radius 2 is 1.65 bits per heavy atom. The van der Waals surface area contributed by atoms with Crippen LogP contribution >= 0.6 is 0 Å². The van der Waals surface area contributed by atoms with Gasteiger partial charge >= 0.3 is 6.18 Å². The third-order valence-electron chi connectivity index (χ3n) is 6.13. The van der Waals surface area contributed by atoms with Gasteiger partial charge in [0.1, 0.15) is 5.82 Å². The van der Waals surface area contributed by atoms with E-state index >= 15 is 0 Å². The molecule has 2 heterocycles. The summed E-state index contributed by atoms with van der Waals surface area (Å²) in [5.74, 6) is 1.43. The summed E-state index contributed by atoms with van der Waals surface area (Å²) < 4.78 is 52.9. The van der Waals surface area contributed by atoms with Gasteiger partial charge in [0.15, 0.2) is 17.1 Å². The average Bonchev–Trinajstić information content (AvgIpc) is 3.32. The van der Waals surface area contributed by atoms with Crippen LogP contribution in [0.15, 0.2) is 66.7 Å². The highest BCUT2D eigenvalue weighted by Gasteiger charge is 2.31. The van der Waals surface area contributed by atoms with E-state index in [-0.39, 0.29) is 5.69 Å². The van der Waals surface area contributed by atoms with Crippen molar-refractivity contribution >= 4 is 28.1 Å². The molecule has 0 saturated carbocycles. The zero-order chi connectivity index (χ0) is 26.3. The van der Waals surface area contributed by atoms with Crippen molar-refractivity contribution < 1.29 is 22.6 Å². The van der Waals surface area contributed by atoms with E-state index in [1.807, 2.05) is 36.4 Å². The molecule has 0 fully saturated rings. The summed E-state index contributed by atoms with van der Waals surface area (Å²) in [6, 6.07) is 18.1. The predicted molar refractivity (Wildman–Crippen MR) is 137 cm³/mol. The number of nitrogens with zero attached hydrogens (tertiary/aromatic N) is 3. The molecule has 0 aliphatic carbocycles. The molecule has 0 saturated heterocycles. The number of nitrogens with one attached hydrogen (secondary N) is 1. The zero-order valence-electron chi connectivity index (χ0n) is 20.3. The summed E-state index contributed by atoms with van der Waals surface area (Å²) in [5, 5.41) is 8.68. The molecule has 190 valence electrons. The number of methoxy groups -OCH3 is 2. The molecule has 0 radical (unpaired) electrons. The molecule has 0 amide bonds. The summed E-state index contributed by atoms with van der Waals surface area (Å²) in [5.41, 5.74) is 8.27. The molecule has 37 heavy (non-hydrogen) atoms. The Hall–Kier alpha value is -4.47. The standard InChI is InChI=1S/C27H24F3N5O2/c1-15(17-9-18(27(28,29)30)11-19(31)10-17)32-26-20-12-23(36-2)24(37-3)14-22(20)35-25(33-26)13-21(34-35)16-7-5-4-6-8-16/h4-15H,31H2,1-3H3,(H,32,33). The Kier molecular flexibility index (Phi) is 6.02. The van der Waals surface area contributed by atoms with E-state index < -0.39 is 17.8 Å². The minimum atomic E-state index is -4.51. The lowest BCUT2D eigenvalue weighted by atomic mass is 10.0. The average molecular weight is 508 g/mol. The fraction of sp³-hybridized carbons (Fsp3) is 0.185. The van der Waals surface area contributed by atoms with Crippen molar-refractivity contribution in [2.45, 2.75) is 19.1 Å². The highest BCUT2D eigenvalue weighted by Crippen LogP contribution is 2.38. The molecule has 5 rings (SSSR count). The number of hydrogen-bond donors (Lipinski definition) is 2. The van der Waals surface area contributed by atoms with Crippen molar-refractivity contribution in [2.24, 2.45) is 0 Å². The van der Waals surface area contributed by atoms with E-state index in [0.29, 0.717) is 39.4 Å². The number of nitrogens with two attached hydrogens (primary N) is 1. The van der Waals surface area contributed by atoms with Crippen LogP contribution in [0.3, 0.4) is 0 Å². The van der Waals surface area contributed by atoms with Crippen molar-refractivity contribution in [2.75, 3.05) is 25.3 Å². The van der Waals surface area contributed by atoms with Crippen LogP contribution in [-0.2, 0) is 6.18 Å². The SMILES string of the molecule is COc1cc2c(NC(C)c3cc(N)cc(C(F)(F)F)c3)nc3cc(-c4ccccc4)nn3c2cc1OC. The Morgan fingerprint density at radius 3 is 2.32 bits per heavy atom. The largest absolute Gasteiger partial charge is 0.493 e. The van der Waals surface area contributed by atoms with E-state index in [1.54, 1.807) is 30.7 Å². The summed E-state index contributed by atoms with van der Waals surface area (Å²) in [6.07, 6.45) is -4.51. The Bertz CT molecular complexity index is 1600. The van der Waals surface area contributed by atoms with E-state index in [4.69, 9.17) is 25.3 Å². The molecule has 3 aromatic carbocycles. The van der Waals surface area contributed by atoms with Gasteiger partial charge in [0.25, 0.3) is 0 Å². The number of anilines is 2. The second-order valence-corrected chi connectivity index (χ2v) is 8.60. The van der Waals surface area contributed by atoms with Crippen LogP contribution in [0.2, 0.25) is 0 Å². The predicted octanol–water partition coefficient (Wildman–Crippen LogP) is 6.34. The molecule has 3 N–H and O–H groups in total. The van der Waals surface area contributed by atoms with Gasteiger partial charge in [0, 0.05) is 28.8 Å². The minimum Gasteiger partial charge on any atom is -0.493 e. The second kappa shape index (κ2) is 9.20. The summed E-state index contributed by atoms with van der Waals surface area (Å²) >= 11 is 0. The molecule has 7 nitrogen and oxygen atoms in total. The first-order chi connectivity index (χ1) is 17.7. The number of benzene rings is 3. The number of rotatable bonds is 6. The third kappa shape index (κ3) is 4.57. The van der Waals surface area contributed by atoms with Gasteiger partial charge in [-0.2, -0.15) is 18.3 Å². The first-order valence-electron chi connectivity index (χ1n) is 11.4.